The number of halogens is 1. The molecule has 2 aliphatic rings. The second kappa shape index (κ2) is 8.49. The number of carbonyl (C=O) groups is 1. The largest absolute Gasteiger partial charge is 0.392 e. The van der Waals surface area contributed by atoms with Gasteiger partial charge in [0, 0.05) is 44.0 Å². The smallest absolute Gasteiger partial charge is 0.239 e. The van der Waals surface area contributed by atoms with Crippen LogP contribution in [0.5, 0.6) is 0 Å². The normalized spacial score (nSPS) is 22.1. The molecule has 31 heavy (non-hydrogen) atoms. The van der Waals surface area contributed by atoms with Gasteiger partial charge in [-0.25, -0.2) is 4.98 Å². The number of nitrogens with zero attached hydrogens (tertiary/aromatic N) is 3. The highest BCUT2D eigenvalue weighted by molar-refractivity contribution is 6.33. The van der Waals surface area contributed by atoms with Gasteiger partial charge in [0.25, 0.3) is 0 Å². The molecule has 8 heteroatoms. The van der Waals surface area contributed by atoms with Gasteiger partial charge in [0.2, 0.25) is 5.91 Å². The molecule has 0 unspecified atom stereocenters. The van der Waals surface area contributed by atoms with Crippen LogP contribution in [0, 0.1) is 0 Å². The summed E-state index contributed by atoms with van der Waals surface area (Å²) in [6, 6.07) is 13.7. The van der Waals surface area contributed by atoms with Gasteiger partial charge in [0.1, 0.15) is 5.82 Å². The molecule has 0 aliphatic carbocycles. The van der Waals surface area contributed by atoms with Crippen molar-refractivity contribution < 1.29 is 9.90 Å². The Morgan fingerprint density at radius 3 is 2.81 bits per heavy atom. The lowest BCUT2D eigenvalue weighted by Gasteiger charge is -2.25. The highest BCUT2D eigenvalue weighted by atomic mass is 35.5. The number of hydrogen-bond donors (Lipinski definition) is 3. The number of carbonyl (C=O) groups excluding carboxylic acids is 1. The van der Waals surface area contributed by atoms with Crippen LogP contribution in [-0.4, -0.2) is 70.8 Å². The van der Waals surface area contributed by atoms with Crippen molar-refractivity contribution in [2.45, 2.75) is 25.0 Å². The molecule has 0 spiro atoms. The second-order valence-corrected chi connectivity index (χ2v) is 8.69. The predicted molar refractivity (Wildman–Crippen MR) is 122 cm³/mol. The molecule has 0 saturated carbocycles. The molecule has 162 valence electrons. The van der Waals surface area contributed by atoms with Crippen LogP contribution in [0.1, 0.15) is 12.8 Å². The average Bonchev–Trinajstić information content (AvgIpc) is 3.32. The summed E-state index contributed by atoms with van der Waals surface area (Å²) >= 11 is 6.52. The van der Waals surface area contributed by atoms with Crippen LogP contribution < -0.4 is 10.2 Å². The number of nitrogens with one attached hydrogen (secondary N) is 2. The minimum atomic E-state index is -0.428. The molecule has 2 aliphatic heterocycles. The lowest BCUT2D eigenvalue weighted by Crippen LogP contribution is -2.45. The molecule has 2 atom stereocenters. The van der Waals surface area contributed by atoms with Crippen molar-refractivity contribution in [3.8, 4) is 11.4 Å². The van der Waals surface area contributed by atoms with Crippen molar-refractivity contribution in [3.05, 3.63) is 47.5 Å². The van der Waals surface area contributed by atoms with Gasteiger partial charge in [0.15, 0.2) is 0 Å². The van der Waals surface area contributed by atoms with Gasteiger partial charge in [-0.15, -0.1) is 0 Å². The molecule has 0 bridgehead atoms. The Labute approximate surface area is 186 Å². The molecule has 1 amide bonds. The van der Waals surface area contributed by atoms with E-state index >= 15 is 0 Å². The minimum absolute atomic E-state index is 0.0949. The van der Waals surface area contributed by atoms with Crippen molar-refractivity contribution >= 4 is 34.2 Å². The van der Waals surface area contributed by atoms with Crippen molar-refractivity contribution in [1.82, 2.24) is 20.2 Å². The number of aromatic amines is 1. The van der Waals surface area contributed by atoms with E-state index in [-0.39, 0.29) is 11.9 Å². The maximum atomic E-state index is 12.8. The van der Waals surface area contributed by atoms with Crippen LogP contribution in [0.2, 0.25) is 5.02 Å². The third kappa shape index (κ3) is 4.13. The number of fused-ring (bicyclic) bond motifs is 1. The van der Waals surface area contributed by atoms with Gasteiger partial charge in [-0.2, -0.15) is 0 Å². The lowest BCUT2D eigenvalue weighted by molar-refractivity contribution is -0.133. The first-order chi connectivity index (χ1) is 15.1. The topological polar surface area (TPSA) is 84.5 Å². The van der Waals surface area contributed by atoms with Gasteiger partial charge >= 0.3 is 0 Å². The molecule has 2 aromatic carbocycles. The maximum Gasteiger partial charge on any atom is 0.239 e. The molecule has 1 aromatic heterocycles. The van der Waals surface area contributed by atoms with E-state index < -0.39 is 6.10 Å². The van der Waals surface area contributed by atoms with Crippen LogP contribution in [-0.2, 0) is 4.79 Å². The molecule has 3 aromatic rings. The number of para-hydroxylation sites is 2. The zero-order chi connectivity index (χ0) is 21.4. The maximum absolute atomic E-state index is 12.8. The number of aromatic nitrogens is 2. The fourth-order valence-electron chi connectivity index (χ4n) is 4.49. The number of benzene rings is 2. The fraction of sp³-hybridized carbons (Fsp3) is 0.391. The lowest BCUT2D eigenvalue weighted by atomic mass is 10.1. The summed E-state index contributed by atoms with van der Waals surface area (Å²) in [5.74, 6) is 0.850. The molecule has 2 saturated heterocycles. The third-order valence-corrected chi connectivity index (χ3v) is 6.50. The van der Waals surface area contributed by atoms with Crippen LogP contribution in [0.4, 0.5) is 5.69 Å². The van der Waals surface area contributed by atoms with Gasteiger partial charge in [-0.1, -0.05) is 23.7 Å². The van der Waals surface area contributed by atoms with Gasteiger partial charge in [-0.3, -0.25) is 4.79 Å². The Morgan fingerprint density at radius 2 is 2.00 bits per heavy atom. The Kier molecular flexibility index (Phi) is 5.56. The third-order valence-electron chi connectivity index (χ3n) is 6.17. The van der Waals surface area contributed by atoms with Gasteiger partial charge < -0.3 is 25.2 Å². The van der Waals surface area contributed by atoms with Crippen molar-refractivity contribution in [2.75, 3.05) is 37.6 Å². The number of rotatable bonds is 3. The van der Waals surface area contributed by atoms with E-state index in [1.807, 2.05) is 41.3 Å². The van der Waals surface area contributed by atoms with E-state index in [1.165, 1.54) is 0 Å². The Bertz CT molecular complexity index is 1070. The standard InChI is InChI=1S/C23H26ClN5O2/c24-18-7-6-15(12-17(18)22-26-19-4-1-2-5-20(19)27-22)28-8-3-9-29(11-10-28)23(31)21-13-16(30)14-25-21/h1-2,4-7,12,16,21,25,30H,3,8-11,13-14H2,(H,26,27)/t16-,21+/m1/s1. The van der Waals surface area contributed by atoms with Crippen molar-refractivity contribution in [2.24, 2.45) is 0 Å². The van der Waals surface area contributed by atoms with E-state index in [0.29, 0.717) is 24.5 Å². The highest BCUT2D eigenvalue weighted by Crippen LogP contribution is 2.32. The van der Waals surface area contributed by atoms with Crippen LogP contribution >= 0.6 is 11.6 Å². The number of H-pyrrole nitrogens is 1. The zero-order valence-corrected chi connectivity index (χ0v) is 18.0. The fourth-order valence-corrected chi connectivity index (χ4v) is 4.70. The number of anilines is 1. The van der Waals surface area contributed by atoms with E-state index in [2.05, 4.69) is 21.3 Å². The first-order valence-corrected chi connectivity index (χ1v) is 11.2. The average molecular weight is 440 g/mol. The van der Waals surface area contributed by atoms with Crippen molar-refractivity contribution in [3.63, 3.8) is 0 Å². The first kappa shape index (κ1) is 20.3. The molecule has 0 radical (unpaired) electrons. The Hall–Kier alpha value is -2.61. The molecule has 3 heterocycles. The summed E-state index contributed by atoms with van der Waals surface area (Å²) in [6.07, 6.45) is 0.962. The van der Waals surface area contributed by atoms with Crippen LogP contribution in [0.25, 0.3) is 22.4 Å². The summed E-state index contributed by atoms with van der Waals surface area (Å²) < 4.78 is 0. The minimum Gasteiger partial charge on any atom is -0.392 e. The van der Waals surface area contributed by atoms with Crippen LogP contribution in [0.15, 0.2) is 42.5 Å². The second-order valence-electron chi connectivity index (χ2n) is 8.28. The van der Waals surface area contributed by atoms with E-state index in [9.17, 15) is 9.90 Å². The van der Waals surface area contributed by atoms with E-state index in [1.54, 1.807) is 0 Å². The highest BCUT2D eigenvalue weighted by Gasteiger charge is 2.32. The molecule has 3 N–H and O–H groups in total. The number of imidazole rings is 1. The molecular weight excluding hydrogens is 414 g/mol. The van der Waals surface area contributed by atoms with Crippen LogP contribution in [0.3, 0.4) is 0 Å². The van der Waals surface area contributed by atoms with Gasteiger partial charge in [-0.05, 0) is 43.2 Å². The molecule has 7 nitrogen and oxygen atoms in total. The number of hydrogen-bond acceptors (Lipinski definition) is 5. The molecule has 5 rings (SSSR count). The Balaban J connectivity index is 1.33. The molecule has 2 fully saturated rings. The molecular formula is C23H26ClN5O2. The summed E-state index contributed by atoms with van der Waals surface area (Å²) in [5.41, 5.74) is 3.84. The number of β-amino-alcohol motifs (C(OH)–C–C–N with tert-alkyl or cyclic N) is 1. The zero-order valence-electron chi connectivity index (χ0n) is 17.2. The quantitative estimate of drug-likeness (QED) is 0.584. The number of aliphatic hydroxyl groups excluding tert-OH is 1. The number of amides is 1. The van der Waals surface area contributed by atoms with Gasteiger partial charge in [0.05, 0.1) is 28.2 Å². The first-order valence-electron chi connectivity index (χ1n) is 10.8. The Morgan fingerprint density at radius 1 is 1.13 bits per heavy atom. The monoisotopic (exact) mass is 439 g/mol. The summed E-state index contributed by atoms with van der Waals surface area (Å²) in [5, 5.41) is 13.5. The van der Waals surface area contributed by atoms with Crippen molar-refractivity contribution in [1.29, 1.82) is 0 Å². The summed E-state index contributed by atoms with van der Waals surface area (Å²) in [6.45, 7) is 3.50. The number of aliphatic hydroxyl groups is 1. The summed E-state index contributed by atoms with van der Waals surface area (Å²) in [7, 11) is 0. The van der Waals surface area contributed by atoms with E-state index in [0.717, 1.165) is 54.2 Å². The SMILES string of the molecule is O=C([C@@H]1C[C@@H](O)CN1)N1CCCN(c2ccc(Cl)c(-c3nc4ccccc4[nH]3)c2)CC1. The predicted octanol–water partition coefficient (Wildman–Crippen LogP) is 2.64. The van der Waals surface area contributed by atoms with E-state index in [4.69, 9.17) is 16.6 Å². The summed E-state index contributed by atoms with van der Waals surface area (Å²) in [4.78, 5) is 25.1.